The van der Waals surface area contributed by atoms with E-state index >= 15 is 0 Å². The van der Waals surface area contributed by atoms with Crippen LogP contribution in [0.15, 0.2) is 36.4 Å². The summed E-state index contributed by atoms with van der Waals surface area (Å²) in [5.74, 6) is 1.25. The van der Waals surface area contributed by atoms with Gasteiger partial charge in [-0.2, -0.15) is 0 Å². The van der Waals surface area contributed by atoms with Crippen molar-refractivity contribution in [3.63, 3.8) is 0 Å². The summed E-state index contributed by atoms with van der Waals surface area (Å²) in [7, 11) is 0. The van der Waals surface area contributed by atoms with Crippen molar-refractivity contribution >= 4 is 11.6 Å². The molecular formula is C21H27NO3. The molecule has 0 saturated carbocycles. The monoisotopic (exact) mass is 341 g/mol. The molecule has 1 unspecified atom stereocenters. The zero-order chi connectivity index (χ0) is 18.6. The lowest BCUT2D eigenvalue weighted by molar-refractivity contribution is -0.122. The number of ether oxygens (including phenoxy) is 2. The van der Waals surface area contributed by atoms with Crippen molar-refractivity contribution in [2.75, 3.05) is 5.32 Å². The SMILES string of the molecule is Cc1cc(C)c(NC(=O)C(C)Oc2ccc(OC(C)C)cc2)c(C)c1. The quantitative estimate of drug-likeness (QED) is 0.820. The summed E-state index contributed by atoms with van der Waals surface area (Å²) in [6, 6.07) is 11.4. The molecule has 1 N–H and O–H groups in total. The summed E-state index contributed by atoms with van der Waals surface area (Å²) in [6.45, 7) is 11.7. The maximum Gasteiger partial charge on any atom is 0.265 e. The molecule has 1 atom stereocenters. The summed E-state index contributed by atoms with van der Waals surface area (Å²) in [4.78, 5) is 12.5. The molecule has 4 nitrogen and oxygen atoms in total. The minimum atomic E-state index is -0.600. The van der Waals surface area contributed by atoms with Crippen LogP contribution in [0.4, 0.5) is 5.69 Å². The Labute approximate surface area is 150 Å². The van der Waals surface area contributed by atoms with Crippen molar-refractivity contribution in [3.8, 4) is 11.5 Å². The molecule has 0 aliphatic rings. The van der Waals surface area contributed by atoms with Gasteiger partial charge >= 0.3 is 0 Å². The van der Waals surface area contributed by atoms with Crippen LogP contribution in [0.2, 0.25) is 0 Å². The van der Waals surface area contributed by atoms with Crippen LogP contribution >= 0.6 is 0 Å². The summed E-state index contributed by atoms with van der Waals surface area (Å²) < 4.78 is 11.3. The van der Waals surface area contributed by atoms with E-state index in [0.717, 1.165) is 22.6 Å². The van der Waals surface area contributed by atoms with Crippen LogP contribution in [-0.4, -0.2) is 18.1 Å². The number of carbonyl (C=O) groups is 1. The van der Waals surface area contributed by atoms with Gasteiger partial charge in [-0.25, -0.2) is 0 Å². The molecule has 0 spiro atoms. The van der Waals surface area contributed by atoms with Gasteiger partial charge in [-0.05, 0) is 76.9 Å². The van der Waals surface area contributed by atoms with E-state index in [2.05, 4.69) is 17.4 Å². The largest absolute Gasteiger partial charge is 0.491 e. The summed E-state index contributed by atoms with van der Waals surface area (Å²) in [5, 5.41) is 2.97. The molecule has 0 bridgehead atoms. The van der Waals surface area contributed by atoms with Crippen LogP contribution in [0.3, 0.4) is 0 Å². The van der Waals surface area contributed by atoms with Crippen molar-refractivity contribution in [2.45, 2.75) is 53.8 Å². The molecule has 2 aromatic rings. The van der Waals surface area contributed by atoms with Crippen molar-refractivity contribution in [1.29, 1.82) is 0 Å². The Balaban J connectivity index is 2.01. The molecule has 0 fully saturated rings. The van der Waals surface area contributed by atoms with Crippen LogP contribution in [0.1, 0.15) is 37.5 Å². The lowest BCUT2D eigenvalue weighted by atomic mass is 10.0. The Kier molecular flexibility index (Phi) is 6.07. The van der Waals surface area contributed by atoms with E-state index in [9.17, 15) is 4.79 Å². The number of amides is 1. The molecule has 134 valence electrons. The van der Waals surface area contributed by atoms with Gasteiger partial charge in [0.1, 0.15) is 11.5 Å². The summed E-state index contributed by atoms with van der Waals surface area (Å²) >= 11 is 0. The third-order valence-corrected chi connectivity index (χ3v) is 3.80. The molecule has 4 heteroatoms. The summed E-state index contributed by atoms with van der Waals surface area (Å²) in [5.41, 5.74) is 4.13. The molecule has 2 aromatic carbocycles. The Morgan fingerprint density at radius 2 is 1.36 bits per heavy atom. The first-order valence-corrected chi connectivity index (χ1v) is 8.58. The van der Waals surface area contributed by atoms with Crippen LogP contribution in [0, 0.1) is 20.8 Å². The van der Waals surface area contributed by atoms with E-state index < -0.39 is 6.10 Å². The van der Waals surface area contributed by atoms with Gasteiger partial charge in [0.2, 0.25) is 0 Å². The Bertz CT molecular complexity index is 712. The van der Waals surface area contributed by atoms with Crippen LogP contribution < -0.4 is 14.8 Å². The maximum absolute atomic E-state index is 12.5. The second-order valence-corrected chi connectivity index (χ2v) is 6.66. The van der Waals surface area contributed by atoms with E-state index in [4.69, 9.17) is 9.47 Å². The first-order valence-electron chi connectivity index (χ1n) is 8.58. The second-order valence-electron chi connectivity index (χ2n) is 6.66. The van der Waals surface area contributed by atoms with E-state index in [1.165, 1.54) is 5.56 Å². The van der Waals surface area contributed by atoms with Gasteiger partial charge in [0.05, 0.1) is 6.10 Å². The number of rotatable bonds is 6. The van der Waals surface area contributed by atoms with Gasteiger partial charge in [-0.1, -0.05) is 17.7 Å². The van der Waals surface area contributed by atoms with Crippen LogP contribution in [0.5, 0.6) is 11.5 Å². The minimum Gasteiger partial charge on any atom is -0.491 e. The molecule has 0 saturated heterocycles. The maximum atomic E-state index is 12.5. The molecule has 0 aliphatic heterocycles. The highest BCUT2D eigenvalue weighted by molar-refractivity contribution is 5.95. The number of carbonyl (C=O) groups excluding carboxylic acids is 1. The number of hydrogen-bond donors (Lipinski definition) is 1. The highest BCUT2D eigenvalue weighted by Crippen LogP contribution is 2.23. The minimum absolute atomic E-state index is 0.123. The number of benzene rings is 2. The van der Waals surface area contributed by atoms with Crippen molar-refractivity contribution in [1.82, 2.24) is 0 Å². The van der Waals surface area contributed by atoms with Gasteiger partial charge < -0.3 is 14.8 Å². The average Bonchev–Trinajstić information content (AvgIpc) is 2.52. The average molecular weight is 341 g/mol. The van der Waals surface area contributed by atoms with Crippen molar-refractivity contribution < 1.29 is 14.3 Å². The Morgan fingerprint density at radius 3 is 1.84 bits per heavy atom. The van der Waals surface area contributed by atoms with Crippen LogP contribution in [0.25, 0.3) is 0 Å². The molecule has 25 heavy (non-hydrogen) atoms. The van der Waals surface area contributed by atoms with Gasteiger partial charge in [0.15, 0.2) is 6.10 Å². The fraction of sp³-hybridized carbons (Fsp3) is 0.381. The first-order chi connectivity index (χ1) is 11.8. The fourth-order valence-electron chi connectivity index (χ4n) is 2.73. The lowest BCUT2D eigenvalue weighted by Crippen LogP contribution is -2.30. The molecule has 0 aliphatic carbocycles. The van der Waals surface area contributed by atoms with Gasteiger partial charge in [-0.3, -0.25) is 4.79 Å². The van der Waals surface area contributed by atoms with E-state index in [0.29, 0.717) is 5.75 Å². The zero-order valence-electron chi connectivity index (χ0n) is 15.8. The zero-order valence-corrected chi connectivity index (χ0v) is 15.8. The molecule has 2 rings (SSSR count). The van der Waals surface area contributed by atoms with Gasteiger partial charge in [0.25, 0.3) is 5.91 Å². The van der Waals surface area contributed by atoms with Gasteiger partial charge in [0, 0.05) is 5.69 Å². The third-order valence-electron chi connectivity index (χ3n) is 3.80. The standard InChI is InChI=1S/C21H27NO3/c1-13(2)24-18-7-9-19(10-8-18)25-17(6)21(23)22-20-15(4)11-14(3)12-16(20)5/h7-13,17H,1-6H3,(H,22,23). The van der Waals surface area contributed by atoms with E-state index in [-0.39, 0.29) is 12.0 Å². The predicted molar refractivity (Wildman–Crippen MR) is 102 cm³/mol. The van der Waals surface area contributed by atoms with E-state index in [1.807, 2.05) is 58.9 Å². The number of hydrogen-bond acceptors (Lipinski definition) is 3. The predicted octanol–water partition coefficient (Wildman–Crippen LogP) is 4.81. The molecular weight excluding hydrogens is 314 g/mol. The number of nitrogens with one attached hydrogen (secondary N) is 1. The van der Waals surface area contributed by atoms with Crippen molar-refractivity contribution in [3.05, 3.63) is 53.1 Å². The molecule has 0 radical (unpaired) electrons. The Hall–Kier alpha value is -2.49. The number of aryl methyl sites for hydroxylation is 3. The molecule has 1 amide bonds. The molecule has 0 heterocycles. The second kappa shape index (κ2) is 8.06. The first kappa shape index (κ1) is 18.8. The highest BCUT2D eigenvalue weighted by Gasteiger charge is 2.17. The topological polar surface area (TPSA) is 47.6 Å². The lowest BCUT2D eigenvalue weighted by Gasteiger charge is -2.18. The fourth-order valence-corrected chi connectivity index (χ4v) is 2.73. The number of anilines is 1. The van der Waals surface area contributed by atoms with E-state index in [1.54, 1.807) is 6.92 Å². The summed E-state index contributed by atoms with van der Waals surface area (Å²) in [6.07, 6.45) is -0.477. The normalized spacial score (nSPS) is 12.0. The molecule has 0 aromatic heterocycles. The van der Waals surface area contributed by atoms with Crippen LogP contribution in [-0.2, 0) is 4.79 Å². The van der Waals surface area contributed by atoms with Crippen molar-refractivity contribution in [2.24, 2.45) is 0 Å². The van der Waals surface area contributed by atoms with Gasteiger partial charge in [-0.15, -0.1) is 0 Å². The highest BCUT2D eigenvalue weighted by atomic mass is 16.5. The Morgan fingerprint density at radius 1 is 0.880 bits per heavy atom. The smallest absolute Gasteiger partial charge is 0.265 e. The third kappa shape index (κ3) is 5.24.